The normalized spacial score (nSPS) is 21.7. The smallest absolute Gasteiger partial charge is 0.287 e. The van der Waals surface area contributed by atoms with Gasteiger partial charge in [-0.15, -0.1) is 0 Å². The van der Waals surface area contributed by atoms with Crippen molar-refractivity contribution >= 4 is 32.8 Å². The molecule has 0 aliphatic carbocycles. The van der Waals surface area contributed by atoms with Gasteiger partial charge in [-0.3, -0.25) is 9.59 Å². The molecule has 4 rings (SSSR count). The number of benzene rings is 1. The molecule has 3 heterocycles. The molecule has 0 bridgehead atoms. The van der Waals surface area contributed by atoms with E-state index >= 15 is 0 Å². The van der Waals surface area contributed by atoms with Gasteiger partial charge in [0, 0.05) is 24.7 Å². The van der Waals surface area contributed by atoms with Crippen LogP contribution in [0.4, 0.5) is 0 Å². The van der Waals surface area contributed by atoms with E-state index in [2.05, 4.69) is 15.6 Å². The third kappa shape index (κ3) is 6.23. The number of furan rings is 1. The van der Waals surface area contributed by atoms with Gasteiger partial charge in [-0.05, 0) is 48.9 Å². The summed E-state index contributed by atoms with van der Waals surface area (Å²) < 4.78 is 33.0. The van der Waals surface area contributed by atoms with E-state index in [4.69, 9.17) is 4.42 Å². The van der Waals surface area contributed by atoms with Crippen molar-refractivity contribution in [1.82, 2.24) is 19.9 Å². The summed E-state index contributed by atoms with van der Waals surface area (Å²) in [6.45, 7) is 5.74. The Morgan fingerprint density at radius 1 is 1.18 bits per heavy atom. The number of pyridine rings is 1. The van der Waals surface area contributed by atoms with E-state index in [1.165, 1.54) is 16.6 Å². The van der Waals surface area contributed by atoms with Crippen LogP contribution in [0.3, 0.4) is 0 Å². The van der Waals surface area contributed by atoms with E-state index in [9.17, 15) is 23.1 Å². The van der Waals surface area contributed by atoms with Gasteiger partial charge in [0.1, 0.15) is 11.6 Å². The second-order valence-electron chi connectivity index (χ2n) is 10.2. The molecule has 0 radical (unpaired) electrons. The van der Waals surface area contributed by atoms with Crippen molar-refractivity contribution in [2.45, 2.75) is 56.8 Å². The molecule has 1 saturated heterocycles. The second kappa shape index (κ2) is 11.6. The van der Waals surface area contributed by atoms with E-state index in [1.54, 1.807) is 24.3 Å². The minimum absolute atomic E-state index is 0.0902. The fourth-order valence-electron chi connectivity index (χ4n) is 4.70. The Kier molecular flexibility index (Phi) is 8.49. The third-order valence-electron chi connectivity index (χ3n) is 6.78. The number of para-hydroxylation sites is 1. The maximum absolute atomic E-state index is 13.4. The molecular weight excluding hydrogens is 508 g/mol. The van der Waals surface area contributed by atoms with E-state index in [1.807, 2.05) is 39.0 Å². The van der Waals surface area contributed by atoms with Crippen LogP contribution in [0.25, 0.3) is 11.0 Å². The third-order valence-corrected chi connectivity index (χ3v) is 8.56. The minimum atomic E-state index is -3.90. The summed E-state index contributed by atoms with van der Waals surface area (Å²) in [5, 5.41) is 17.4. The van der Waals surface area contributed by atoms with E-state index in [0.717, 1.165) is 5.39 Å². The van der Waals surface area contributed by atoms with Crippen molar-refractivity contribution in [3.05, 3.63) is 60.5 Å². The van der Waals surface area contributed by atoms with Crippen molar-refractivity contribution in [2.24, 2.45) is 11.8 Å². The highest BCUT2D eigenvalue weighted by Gasteiger charge is 2.38. The molecule has 1 aliphatic heterocycles. The monoisotopic (exact) mass is 542 g/mol. The first-order valence-electron chi connectivity index (χ1n) is 12.8. The number of β-amino-alcohol motifs (C(OH)–C–C–N with tert-alkyl or cyclic N) is 1. The zero-order chi connectivity index (χ0) is 27.4. The average molecular weight is 543 g/mol. The summed E-state index contributed by atoms with van der Waals surface area (Å²) >= 11 is 0. The lowest BCUT2D eigenvalue weighted by Gasteiger charge is -2.30. The molecule has 1 aromatic carbocycles. The first kappa shape index (κ1) is 27.7. The number of fused-ring (bicyclic) bond motifs is 1. The standard InChI is InChI=1S/C27H34N4O6S/c1-17(2)14-20(29-27(34)23-15-19-8-4-5-9-22(19)37-23)26(33)30-25-18(3)11-13-31(16-21(25)32)38(35,36)24-10-6-7-12-28-24/h4-10,12,15,17-18,20-21,25,32H,11,13-14,16H2,1-3H3,(H,29,34)(H,30,33)/t18?,20-,21+,25-/m0/s1. The Labute approximate surface area is 222 Å². The van der Waals surface area contributed by atoms with Crippen LogP contribution in [0, 0.1) is 11.8 Å². The second-order valence-corrected chi connectivity index (χ2v) is 12.1. The topological polar surface area (TPSA) is 142 Å². The van der Waals surface area contributed by atoms with Gasteiger partial charge in [-0.2, -0.15) is 4.31 Å². The first-order chi connectivity index (χ1) is 18.1. The lowest BCUT2D eigenvalue weighted by molar-refractivity contribution is -0.125. The Bertz CT molecular complexity index is 1340. The maximum Gasteiger partial charge on any atom is 0.287 e. The summed E-state index contributed by atoms with van der Waals surface area (Å²) in [5.74, 6) is -0.976. The van der Waals surface area contributed by atoms with Gasteiger partial charge in [-0.25, -0.2) is 13.4 Å². The van der Waals surface area contributed by atoms with Gasteiger partial charge in [0.15, 0.2) is 10.8 Å². The number of aliphatic hydroxyl groups excluding tert-OH is 1. The quantitative estimate of drug-likeness (QED) is 0.397. The number of aliphatic hydroxyl groups is 1. The fraction of sp³-hybridized carbons (Fsp3) is 0.444. The number of nitrogens with zero attached hydrogens (tertiary/aromatic N) is 2. The molecule has 11 heteroatoms. The SMILES string of the molecule is CC(C)C[C@H](NC(=O)c1cc2ccccc2o1)C(=O)N[C@H]1C(C)CCN(S(=O)(=O)c2ccccn2)C[C@H]1O. The molecule has 1 unspecified atom stereocenters. The molecule has 10 nitrogen and oxygen atoms in total. The molecule has 4 atom stereocenters. The van der Waals surface area contributed by atoms with Crippen molar-refractivity contribution in [2.75, 3.05) is 13.1 Å². The van der Waals surface area contributed by atoms with Crippen molar-refractivity contribution < 1.29 is 27.5 Å². The number of nitrogens with one attached hydrogen (secondary N) is 2. The van der Waals surface area contributed by atoms with Gasteiger partial charge in [-0.1, -0.05) is 45.0 Å². The number of aromatic nitrogens is 1. The molecule has 1 aliphatic rings. The first-order valence-corrected chi connectivity index (χ1v) is 14.2. The van der Waals surface area contributed by atoms with Gasteiger partial charge in [0.05, 0.1) is 12.1 Å². The van der Waals surface area contributed by atoms with E-state index in [-0.39, 0.29) is 35.7 Å². The van der Waals surface area contributed by atoms with Crippen LogP contribution < -0.4 is 10.6 Å². The lowest BCUT2D eigenvalue weighted by Crippen LogP contribution is -2.55. The zero-order valence-electron chi connectivity index (χ0n) is 21.7. The predicted molar refractivity (Wildman–Crippen MR) is 142 cm³/mol. The van der Waals surface area contributed by atoms with Crippen LogP contribution in [0.15, 0.2) is 64.2 Å². The summed E-state index contributed by atoms with van der Waals surface area (Å²) in [6, 6.07) is 11.9. The molecule has 3 N–H and O–H groups in total. The molecule has 204 valence electrons. The van der Waals surface area contributed by atoms with Crippen molar-refractivity contribution in [3.63, 3.8) is 0 Å². The van der Waals surface area contributed by atoms with Gasteiger partial charge in [0.2, 0.25) is 5.91 Å². The number of amides is 2. The highest BCUT2D eigenvalue weighted by Crippen LogP contribution is 2.24. The number of carbonyl (C=O) groups is 2. The number of hydrogen-bond donors (Lipinski definition) is 3. The zero-order valence-corrected chi connectivity index (χ0v) is 22.5. The van der Waals surface area contributed by atoms with Crippen LogP contribution in [0.1, 0.15) is 44.2 Å². The van der Waals surface area contributed by atoms with Crippen molar-refractivity contribution in [3.8, 4) is 0 Å². The molecule has 2 aromatic heterocycles. The Hall–Kier alpha value is -3.28. The minimum Gasteiger partial charge on any atom is -0.451 e. The largest absolute Gasteiger partial charge is 0.451 e. The molecule has 0 spiro atoms. The van der Waals surface area contributed by atoms with Crippen LogP contribution in [0.2, 0.25) is 0 Å². The van der Waals surface area contributed by atoms with E-state index in [0.29, 0.717) is 18.4 Å². The van der Waals surface area contributed by atoms with Crippen LogP contribution in [0.5, 0.6) is 0 Å². The van der Waals surface area contributed by atoms with E-state index < -0.39 is 40.0 Å². The van der Waals surface area contributed by atoms with Gasteiger partial charge < -0.3 is 20.2 Å². The van der Waals surface area contributed by atoms with Crippen LogP contribution in [-0.2, 0) is 14.8 Å². The number of rotatable bonds is 8. The number of carbonyl (C=O) groups excluding carboxylic acids is 2. The van der Waals surface area contributed by atoms with Crippen LogP contribution >= 0.6 is 0 Å². The maximum atomic E-state index is 13.4. The summed E-state index contributed by atoms with van der Waals surface area (Å²) in [6.07, 6.45) is 1.05. The highest BCUT2D eigenvalue weighted by molar-refractivity contribution is 7.89. The Balaban J connectivity index is 1.47. The summed E-state index contributed by atoms with van der Waals surface area (Å²) in [4.78, 5) is 30.3. The molecule has 2 amide bonds. The Morgan fingerprint density at radius 3 is 2.61 bits per heavy atom. The molecule has 3 aromatic rings. The molecule has 0 saturated carbocycles. The van der Waals surface area contributed by atoms with Gasteiger partial charge >= 0.3 is 0 Å². The highest BCUT2D eigenvalue weighted by atomic mass is 32.2. The fourth-order valence-corrected chi connectivity index (χ4v) is 6.10. The predicted octanol–water partition coefficient (Wildman–Crippen LogP) is 2.55. The Morgan fingerprint density at radius 2 is 1.92 bits per heavy atom. The summed E-state index contributed by atoms with van der Waals surface area (Å²) in [7, 11) is -3.90. The summed E-state index contributed by atoms with van der Waals surface area (Å²) in [5.41, 5.74) is 0.572. The van der Waals surface area contributed by atoms with Crippen LogP contribution in [-0.4, -0.2) is 65.9 Å². The van der Waals surface area contributed by atoms with Crippen molar-refractivity contribution in [1.29, 1.82) is 0 Å². The van der Waals surface area contributed by atoms with Gasteiger partial charge in [0.25, 0.3) is 15.9 Å². The number of sulfonamides is 1. The molecule has 1 fully saturated rings. The average Bonchev–Trinajstić information content (AvgIpc) is 3.27. The molecule has 38 heavy (non-hydrogen) atoms. The lowest BCUT2D eigenvalue weighted by atomic mass is 9.94. The number of hydrogen-bond acceptors (Lipinski definition) is 7. The molecular formula is C27H34N4O6S.